The Hall–Kier alpha value is -2.09. The molecule has 2 rings (SSSR count). The first-order valence-electron chi connectivity index (χ1n) is 8.32. The van der Waals surface area contributed by atoms with Crippen molar-refractivity contribution in [2.75, 3.05) is 38.1 Å². The second-order valence-corrected chi connectivity index (χ2v) is 6.06. The number of piperazine rings is 1. The molecule has 134 valence electrons. The van der Waals surface area contributed by atoms with E-state index in [0.29, 0.717) is 32.8 Å². The molecule has 1 aromatic heterocycles. The van der Waals surface area contributed by atoms with E-state index in [-0.39, 0.29) is 18.0 Å². The number of aromatic nitrogens is 2. The molecule has 1 fully saturated rings. The number of aryl methyl sites for hydroxylation is 2. The first-order chi connectivity index (χ1) is 11.3. The second kappa shape index (κ2) is 7.65. The minimum Gasteiger partial charge on any atom is -0.450 e. The average Bonchev–Trinajstić information content (AvgIpc) is 2.80. The van der Waals surface area contributed by atoms with Gasteiger partial charge in [-0.3, -0.25) is 14.4 Å². The molecule has 0 saturated carbocycles. The molecule has 1 N–H and O–H groups in total. The Bertz CT molecular complexity index is 605. The van der Waals surface area contributed by atoms with Gasteiger partial charge in [0.05, 0.1) is 29.7 Å². The first kappa shape index (κ1) is 18.3. The Morgan fingerprint density at radius 2 is 1.88 bits per heavy atom. The van der Waals surface area contributed by atoms with Gasteiger partial charge in [-0.1, -0.05) is 0 Å². The van der Waals surface area contributed by atoms with E-state index < -0.39 is 0 Å². The maximum Gasteiger partial charge on any atom is 0.409 e. The van der Waals surface area contributed by atoms with Gasteiger partial charge in [-0.05, 0) is 27.7 Å². The topological polar surface area (TPSA) is 79.7 Å². The quantitative estimate of drug-likeness (QED) is 0.891. The predicted molar refractivity (Wildman–Crippen MR) is 90.9 cm³/mol. The number of ether oxygens (including phenoxy) is 1. The maximum atomic E-state index is 12.5. The summed E-state index contributed by atoms with van der Waals surface area (Å²) in [7, 11) is 1.86. The van der Waals surface area contributed by atoms with Crippen molar-refractivity contribution in [1.29, 1.82) is 0 Å². The van der Waals surface area contributed by atoms with Crippen molar-refractivity contribution < 1.29 is 14.3 Å². The van der Waals surface area contributed by atoms with Crippen LogP contribution in [0.3, 0.4) is 0 Å². The minimum absolute atomic E-state index is 0.0567. The predicted octanol–water partition coefficient (Wildman–Crippen LogP) is 1.14. The van der Waals surface area contributed by atoms with E-state index in [1.54, 1.807) is 16.5 Å². The molecule has 0 aromatic carbocycles. The van der Waals surface area contributed by atoms with Gasteiger partial charge in [0, 0.05) is 33.2 Å². The third-order valence-corrected chi connectivity index (χ3v) is 4.52. The van der Waals surface area contributed by atoms with Crippen molar-refractivity contribution in [2.45, 2.75) is 33.7 Å². The van der Waals surface area contributed by atoms with E-state index in [0.717, 1.165) is 17.1 Å². The van der Waals surface area contributed by atoms with Crippen LogP contribution in [-0.2, 0) is 16.6 Å². The highest BCUT2D eigenvalue weighted by atomic mass is 16.6. The molecule has 2 heterocycles. The van der Waals surface area contributed by atoms with Crippen LogP contribution in [0.2, 0.25) is 0 Å². The van der Waals surface area contributed by atoms with Gasteiger partial charge < -0.3 is 15.0 Å². The number of hydrogen-bond acceptors (Lipinski definition) is 5. The van der Waals surface area contributed by atoms with Gasteiger partial charge in [-0.15, -0.1) is 0 Å². The Morgan fingerprint density at radius 1 is 1.25 bits per heavy atom. The average molecular weight is 337 g/mol. The fourth-order valence-corrected chi connectivity index (χ4v) is 2.85. The lowest BCUT2D eigenvalue weighted by molar-refractivity contribution is -0.121. The Labute approximate surface area is 142 Å². The fourth-order valence-electron chi connectivity index (χ4n) is 2.85. The number of carbonyl (C=O) groups is 2. The molecule has 1 aromatic rings. The molecular weight excluding hydrogens is 310 g/mol. The van der Waals surface area contributed by atoms with Gasteiger partial charge in [-0.25, -0.2) is 4.79 Å². The molecule has 1 aliphatic rings. The number of rotatable bonds is 4. The largest absolute Gasteiger partial charge is 0.450 e. The minimum atomic E-state index is -0.282. The molecule has 24 heavy (non-hydrogen) atoms. The highest BCUT2D eigenvalue weighted by Gasteiger charge is 2.28. The van der Waals surface area contributed by atoms with E-state index in [1.807, 2.05) is 27.8 Å². The Kier molecular flexibility index (Phi) is 5.82. The van der Waals surface area contributed by atoms with E-state index >= 15 is 0 Å². The van der Waals surface area contributed by atoms with E-state index in [2.05, 4.69) is 15.3 Å². The summed E-state index contributed by atoms with van der Waals surface area (Å²) in [6.07, 6.45) is -0.282. The third kappa shape index (κ3) is 3.87. The molecule has 0 bridgehead atoms. The summed E-state index contributed by atoms with van der Waals surface area (Å²) in [5, 5.41) is 7.29. The van der Waals surface area contributed by atoms with E-state index in [9.17, 15) is 9.59 Å². The van der Waals surface area contributed by atoms with E-state index in [4.69, 9.17) is 4.74 Å². The van der Waals surface area contributed by atoms with Gasteiger partial charge in [0.2, 0.25) is 5.91 Å². The van der Waals surface area contributed by atoms with Gasteiger partial charge in [-0.2, -0.15) is 5.10 Å². The summed E-state index contributed by atoms with van der Waals surface area (Å²) in [6, 6.07) is -0.270. The number of anilines is 1. The Morgan fingerprint density at radius 3 is 2.38 bits per heavy atom. The number of nitrogens with one attached hydrogen (secondary N) is 1. The molecule has 0 spiro atoms. The second-order valence-electron chi connectivity index (χ2n) is 6.06. The summed E-state index contributed by atoms with van der Waals surface area (Å²) < 4.78 is 6.77. The van der Waals surface area contributed by atoms with Crippen molar-refractivity contribution >= 4 is 17.7 Å². The molecule has 0 radical (unpaired) electrons. The molecule has 1 atom stereocenters. The maximum absolute atomic E-state index is 12.5. The van der Waals surface area contributed by atoms with Crippen LogP contribution in [0.25, 0.3) is 0 Å². The summed E-state index contributed by atoms with van der Waals surface area (Å²) in [6.45, 7) is 10.3. The molecule has 2 amide bonds. The molecule has 8 nitrogen and oxygen atoms in total. The number of amides is 2. The summed E-state index contributed by atoms with van der Waals surface area (Å²) >= 11 is 0. The molecule has 0 aliphatic carbocycles. The monoisotopic (exact) mass is 337 g/mol. The molecule has 1 aliphatic heterocycles. The normalized spacial score (nSPS) is 16.8. The van der Waals surface area contributed by atoms with Crippen LogP contribution in [0.15, 0.2) is 0 Å². The van der Waals surface area contributed by atoms with Crippen molar-refractivity contribution in [3.05, 3.63) is 11.4 Å². The smallest absolute Gasteiger partial charge is 0.409 e. The fraction of sp³-hybridized carbons (Fsp3) is 0.688. The lowest BCUT2D eigenvalue weighted by Crippen LogP contribution is -2.54. The van der Waals surface area contributed by atoms with Crippen LogP contribution >= 0.6 is 0 Å². The molecule has 8 heteroatoms. The van der Waals surface area contributed by atoms with Gasteiger partial charge in [0.15, 0.2) is 0 Å². The summed E-state index contributed by atoms with van der Waals surface area (Å²) in [5.41, 5.74) is 2.52. The van der Waals surface area contributed by atoms with Gasteiger partial charge in [0.25, 0.3) is 0 Å². The lowest BCUT2D eigenvalue weighted by Gasteiger charge is -2.36. The lowest BCUT2D eigenvalue weighted by atomic mass is 10.2. The van der Waals surface area contributed by atoms with Crippen LogP contribution in [0, 0.1) is 13.8 Å². The Balaban J connectivity index is 1.91. The van der Waals surface area contributed by atoms with Crippen LogP contribution < -0.4 is 5.32 Å². The molecule has 0 unspecified atom stereocenters. The highest BCUT2D eigenvalue weighted by molar-refractivity contribution is 5.95. The van der Waals surface area contributed by atoms with Gasteiger partial charge >= 0.3 is 6.09 Å². The molecule has 1 saturated heterocycles. The third-order valence-electron chi connectivity index (χ3n) is 4.52. The SMILES string of the molecule is CCOC(=O)N1CCN([C@H](C)C(=O)Nc2c(C)nn(C)c2C)CC1. The highest BCUT2D eigenvalue weighted by Crippen LogP contribution is 2.19. The van der Waals surface area contributed by atoms with Gasteiger partial charge in [0.1, 0.15) is 0 Å². The summed E-state index contributed by atoms with van der Waals surface area (Å²) in [5.74, 6) is -0.0567. The van der Waals surface area contributed by atoms with Crippen LogP contribution in [0.1, 0.15) is 25.2 Å². The van der Waals surface area contributed by atoms with Crippen molar-refractivity contribution in [1.82, 2.24) is 19.6 Å². The first-order valence-corrected chi connectivity index (χ1v) is 8.32. The molecular formula is C16H27N5O3. The van der Waals surface area contributed by atoms with Crippen LogP contribution in [-0.4, -0.2) is 70.4 Å². The number of carbonyl (C=O) groups excluding carboxylic acids is 2. The van der Waals surface area contributed by atoms with Crippen LogP contribution in [0.4, 0.5) is 10.5 Å². The standard InChI is InChI=1S/C16H27N5O3/c1-6-24-16(23)21-9-7-20(8-10-21)13(4)15(22)17-14-11(2)18-19(5)12(14)3/h13H,6-10H2,1-5H3,(H,17,22)/t13-/m1/s1. The van der Waals surface area contributed by atoms with Crippen molar-refractivity contribution in [2.24, 2.45) is 7.05 Å². The van der Waals surface area contributed by atoms with E-state index in [1.165, 1.54) is 0 Å². The zero-order valence-electron chi connectivity index (χ0n) is 15.1. The van der Waals surface area contributed by atoms with Crippen LogP contribution in [0.5, 0.6) is 0 Å². The number of nitrogens with zero attached hydrogens (tertiary/aromatic N) is 4. The number of hydrogen-bond donors (Lipinski definition) is 1. The zero-order valence-corrected chi connectivity index (χ0v) is 15.1. The zero-order chi connectivity index (χ0) is 17.9. The summed E-state index contributed by atoms with van der Waals surface area (Å²) in [4.78, 5) is 28.0. The van der Waals surface area contributed by atoms with Crippen molar-refractivity contribution in [3.8, 4) is 0 Å². The van der Waals surface area contributed by atoms with Crippen molar-refractivity contribution in [3.63, 3.8) is 0 Å².